The van der Waals surface area contributed by atoms with Crippen LogP contribution in [0.3, 0.4) is 0 Å². The molecule has 0 radical (unpaired) electrons. The minimum absolute atomic E-state index is 0.0350. The molecule has 0 spiro atoms. The highest BCUT2D eigenvalue weighted by Gasteiger charge is 2.43. The van der Waals surface area contributed by atoms with Crippen molar-refractivity contribution in [3.63, 3.8) is 0 Å². The third kappa shape index (κ3) is 2.33. The van der Waals surface area contributed by atoms with Crippen molar-refractivity contribution in [1.29, 1.82) is 0 Å². The van der Waals surface area contributed by atoms with Crippen molar-refractivity contribution < 1.29 is 9.90 Å². The minimum Gasteiger partial charge on any atom is -0.394 e. The molecule has 0 aromatic heterocycles. The lowest BCUT2D eigenvalue weighted by atomic mass is 9.73. The van der Waals surface area contributed by atoms with E-state index >= 15 is 0 Å². The number of aliphatic hydroxyl groups excluding tert-OH is 1. The van der Waals surface area contributed by atoms with Crippen molar-refractivity contribution in [2.45, 2.75) is 51.0 Å². The van der Waals surface area contributed by atoms with Gasteiger partial charge in [0.05, 0.1) is 18.1 Å². The summed E-state index contributed by atoms with van der Waals surface area (Å²) in [4.78, 5) is 14.5. The monoisotopic (exact) mass is 240 g/mol. The molecule has 4 nitrogen and oxygen atoms in total. The zero-order valence-corrected chi connectivity index (χ0v) is 10.5. The summed E-state index contributed by atoms with van der Waals surface area (Å²) in [6.45, 7) is 1.35. The van der Waals surface area contributed by atoms with Crippen LogP contribution in [-0.4, -0.2) is 41.7 Å². The standard InChI is InChI=1S/C13H24N2O2/c14-10-13(6-2-1-3-7-13)12(17)15-8-4-5-11(15)9-16/h11,16H,1-10,14H2/t11-/m0/s1. The molecule has 0 unspecified atom stereocenters. The fourth-order valence-electron chi connectivity index (χ4n) is 3.33. The van der Waals surface area contributed by atoms with Gasteiger partial charge in [-0.05, 0) is 25.7 Å². The maximum absolute atomic E-state index is 12.7. The van der Waals surface area contributed by atoms with Gasteiger partial charge in [0, 0.05) is 13.1 Å². The zero-order chi connectivity index (χ0) is 12.3. The molecule has 1 aliphatic carbocycles. The number of hydrogen-bond acceptors (Lipinski definition) is 3. The number of hydrogen-bond donors (Lipinski definition) is 2. The summed E-state index contributed by atoms with van der Waals surface area (Å²) in [6, 6.07) is 0.0350. The first kappa shape index (κ1) is 12.8. The van der Waals surface area contributed by atoms with E-state index in [1.54, 1.807) is 0 Å². The Balaban J connectivity index is 2.10. The smallest absolute Gasteiger partial charge is 0.230 e. The van der Waals surface area contributed by atoms with Crippen LogP contribution >= 0.6 is 0 Å². The molecule has 0 bridgehead atoms. The Bertz CT molecular complexity index is 275. The van der Waals surface area contributed by atoms with Crippen LogP contribution in [0, 0.1) is 5.41 Å². The fourth-order valence-corrected chi connectivity index (χ4v) is 3.33. The van der Waals surface area contributed by atoms with Crippen LogP contribution in [0.2, 0.25) is 0 Å². The molecule has 2 aliphatic rings. The summed E-state index contributed by atoms with van der Waals surface area (Å²) in [6.07, 6.45) is 7.24. The van der Waals surface area contributed by atoms with E-state index in [4.69, 9.17) is 5.73 Å². The summed E-state index contributed by atoms with van der Waals surface area (Å²) in [5.74, 6) is 0.205. The van der Waals surface area contributed by atoms with Crippen LogP contribution in [0.15, 0.2) is 0 Å². The summed E-state index contributed by atoms with van der Waals surface area (Å²) in [7, 11) is 0. The van der Waals surface area contributed by atoms with Crippen molar-refractivity contribution in [3.8, 4) is 0 Å². The number of amides is 1. The van der Waals surface area contributed by atoms with Gasteiger partial charge in [0.15, 0.2) is 0 Å². The van der Waals surface area contributed by atoms with Gasteiger partial charge in [0.1, 0.15) is 0 Å². The molecule has 98 valence electrons. The first-order valence-electron chi connectivity index (χ1n) is 6.85. The van der Waals surface area contributed by atoms with E-state index in [2.05, 4.69) is 0 Å². The van der Waals surface area contributed by atoms with Gasteiger partial charge < -0.3 is 15.7 Å². The van der Waals surface area contributed by atoms with Gasteiger partial charge in [-0.3, -0.25) is 4.79 Å². The predicted molar refractivity (Wildman–Crippen MR) is 66.4 cm³/mol. The Morgan fingerprint density at radius 2 is 2.00 bits per heavy atom. The number of carbonyl (C=O) groups excluding carboxylic acids is 1. The Kier molecular flexibility index (Phi) is 4.05. The second-order valence-electron chi connectivity index (χ2n) is 5.52. The van der Waals surface area contributed by atoms with Crippen molar-refractivity contribution in [3.05, 3.63) is 0 Å². The summed E-state index contributed by atoms with van der Waals surface area (Å²) >= 11 is 0. The number of nitrogens with zero attached hydrogens (tertiary/aromatic N) is 1. The highest BCUT2D eigenvalue weighted by Crippen LogP contribution is 2.38. The van der Waals surface area contributed by atoms with Gasteiger partial charge in [-0.2, -0.15) is 0 Å². The molecule has 1 heterocycles. The van der Waals surface area contributed by atoms with E-state index in [0.717, 1.165) is 45.1 Å². The van der Waals surface area contributed by atoms with E-state index in [1.807, 2.05) is 4.90 Å². The Morgan fingerprint density at radius 3 is 2.59 bits per heavy atom. The normalized spacial score (nSPS) is 28.4. The van der Waals surface area contributed by atoms with E-state index in [0.29, 0.717) is 6.54 Å². The molecule has 17 heavy (non-hydrogen) atoms. The van der Waals surface area contributed by atoms with Gasteiger partial charge in [-0.25, -0.2) is 0 Å². The van der Waals surface area contributed by atoms with E-state index in [-0.39, 0.29) is 24.0 Å². The van der Waals surface area contributed by atoms with Gasteiger partial charge >= 0.3 is 0 Å². The summed E-state index contributed by atoms with van der Waals surface area (Å²) in [5, 5.41) is 9.32. The third-order valence-electron chi connectivity index (χ3n) is 4.50. The van der Waals surface area contributed by atoms with Crippen molar-refractivity contribution in [2.75, 3.05) is 19.7 Å². The largest absolute Gasteiger partial charge is 0.394 e. The topological polar surface area (TPSA) is 66.6 Å². The maximum atomic E-state index is 12.7. The molecule has 1 saturated heterocycles. The summed E-state index contributed by atoms with van der Waals surface area (Å²) in [5.41, 5.74) is 5.56. The van der Waals surface area contributed by atoms with Crippen LogP contribution < -0.4 is 5.73 Å². The molecule has 0 aromatic rings. The average molecular weight is 240 g/mol. The molecule has 1 saturated carbocycles. The fraction of sp³-hybridized carbons (Fsp3) is 0.923. The minimum atomic E-state index is -0.323. The third-order valence-corrected chi connectivity index (χ3v) is 4.50. The number of rotatable bonds is 3. The lowest BCUT2D eigenvalue weighted by Crippen LogP contribution is -2.51. The Morgan fingerprint density at radius 1 is 1.29 bits per heavy atom. The molecular weight excluding hydrogens is 216 g/mol. The van der Waals surface area contributed by atoms with Crippen LogP contribution in [0.25, 0.3) is 0 Å². The van der Waals surface area contributed by atoms with Crippen LogP contribution in [0.5, 0.6) is 0 Å². The molecule has 1 atom stereocenters. The molecule has 1 amide bonds. The second-order valence-corrected chi connectivity index (χ2v) is 5.52. The Hall–Kier alpha value is -0.610. The number of carbonyl (C=O) groups is 1. The molecule has 4 heteroatoms. The lowest BCUT2D eigenvalue weighted by molar-refractivity contribution is -0.145. The van der Waals surface area contributed by atoms with E-state index in [1.165, 1.54) is 6.42 Å². The number of likely N-dealkylation sites (tertiary alicyclic amines) is 1. The zero-order valence-electron chi connectivity index (χ0n) is 10.5. The second kappa shape index (κ2) is 5.36. The quantitative estimate of drug-likeness (QED) is 0.769. The van der Waals surface area contributed by atoms with Crippen molar-refractivity contribution in [1.82, 2.24) is 4.90 Å². The van der Waals surface area contributed by atoms with Crippen LogP contribution in [-0.2, 0) is 4.79 Å². The van der Waals surface area contributed by atoms with E-state index < -0.39 is 0 Å². The van der Waals surface area contributed by atoms with Crippen molar-refractivity contribution in [2.24, 2.45) is 11.1 Å². The molecule has 0 aromatic carbocycles. The van der Waals surface area contributed by atoms with Gasteiger partial charge in [-0.15, -0.1) is 0 Å². The Labute approximate surface area is 103 Å². The lowest BCUT2D eigenvalue weighted by Gasteiger charge is -2.39. The first-order chi connectivity index (χ1) is 8.23. The molecule has 2 fully saturated rings. The SMILES string of the molecule is NCC1(C(=O)N2CCC[C@H]2CO)CCCCC1. The molecular formula is C13H24N2O2. The van der Waals surface area contributed by atoms with Gasteiger partial charge in [-0.1, -0.05) is 19.3 Å². The highest BCUT2D eigenvalue weighted by molar-refractivity contribution is 5.83. The molecule has 1 aliphatic heterocycles. The van der Waals surface area contributed by atoms with E-state index in [9.17, 15) is 9.90 Å². The van der Waals surface area contributed by atoms with Crippen molar-refractivity contribution >= 4 is 5.91 Å². The molecule has 2 rings (SSSR count). The maximum Gasteiger partial charge on any atom is 0.230 e. The van der Waals surface area contributed by atoms with Gasteiger partial charge in [0.25, 0.3) is 0 Å². The number of aliphatic hydroxyl groups is 1. The average Bonchev–Trinajstić information content (AvgIpc) is 2.86. The first-order valence-corrected chi connectivity index (χ1v) is 6.85. The molecule has 3 N–H and O–H groups in total. The number of nitrogens with two attached hydrogens (primary N) is 1. The predicted octanol–water partition coefficient (Wildman–Crippen LogP) is 0.879. The van der Waals surface area contributed by atoms with Crippen LogP contribution in [0.4, 0.5) is 0 Å². The summed E-state index contributed by atoms with van der Waals surface area (Å²) < 4.78 is 0. The highest BCUT2D eigenvalue weighted by atomic mass is 16.3. The van der Waals surface area contributed by atoms with Crippen LogP contribution in [0.1, 0.15) is 44.9 Å². The van der Waals surface area contributed by atoms with Gasteiger partial charge in [0.2, 0.25) is 5.91 Å².